The number of aliphatic hydroxyl groups is 2. The van der Waals surface area contributed by atoms with Crippen LogP contribution < -0.4 is 4.74 Å². The normalized spacial score (nSPS) is 12.1. The van der Waals surface area contributed by atoms with Gasteiger partial charge in [0.2, 0.25) is 0 Å². The van der Waals surface area contributed by atoms with Crippen molar-refractivity contribution in [3.63, 3.8) is 0 Å². The van der Waals surface area contributed by atoms with E-state index in [-0.39, 0.29) is 19.8 Å². The van der Waals surface area contributed by atoms with Gasteiger partial charge < -0.3 is 19.7 Å². The summed E-state index contributed by atoms with van der Waals surface area (Å²) in [7, 11) is 0. The van der Waals surface area contributed by atoms with E-state index in [0.717, 1.165) is 20.4 Å². The molecule has 2 aromatic rings. The molecule has 5 heteroatoms. The number of rotatable bonds is 9. The van der Waals surface area contributed by atoms with Gasteiger partial charge in [0.15, 0.2) is 0 Å². The molecule has 2 aromatic carbocycles. The lowest BCUT2D eigenvalue weighted by molar-refractivity contribution is 0.00534. The van der Waals surface area contributed by atoms with Crippen molar-refractivity contribution in [3.8, 4) is 5.75 Å². The molecule has 0 spiro atoms. The fourth-order valence-electron chi connectivity index (χ4n) is 2.07. The standard InChI is InChI=1S/C18H21IO4/c19-17-10-14(8-9-20)6-7-18(17)23-13-16(21)12-22-11-15-4-2-1-3-5-15/h1-7,10,16,20-21H,8-9,11-13H2/t16-/m1/s1. The second-order valence-corrected chi connectivity index (χ2v) is 6.37. The van der Waals surface area contributed by atoms with Gasteiger partial charge in [-0.2, -0.15) is 0 Å². The smallest absolute Gasteiger partial charge is 0.132 e. The van der Waals surface area contributed by atoms with Gasteiger partial charge in [0, 0.05) is 6.61 Å². The van der Waals surface area contributed by atoms with E-state index >= 15 is 0 Å². The van der Waals surface area contributed by atoms with Crippen LogP contribution in [0.25, 0.3) is 0 Å². The van der Waals surface area contributed by atoms with E-state index in [9.17, 15) is 5.11 Å². The van der Waals surface area contributed by atoms with Crippen LogP contribution in [0.1, 0.15) is 11.1 Å². The molecule has 0 saturated carbocycles. The number of hydrogen-bond acceptors (Lipinski definition) is 4. The van der Waals surface area contributed by atoms with Crippen molar-refractivity contribution in [2.75, 3.05) is 19.8 Å². The van der Waals surface area contributed by atoms with E-state index in [4.69, 9.17) is 14.6 Å². The molecule has 0 heterocycles. The minimum absolute atomic E-state index is 0.133. The summed E-state index contributed by atoms with van der Waals surface area (Å²) < 4.78 is 12.1. The number of ether oxygens (including phenoxy) is 2. The first-order chi connectivity index (χ1) is 11.2. The predicted molar refractivity (Wildman–Crippen MR) is 97.5 cm³/mol. The lowest BCUT2D eigenvalue weighted by Gasteiger charge is -2.14. The fourth-order valence-corrected chi connectivity index (χ4v) is 2.80. The van der Waals surface area contributed by atoms with Gasteiger partial charge in [-0.25, -0.2) is 0 Å². The summed E-state index contributed by atoms with van der Waals surface area (Å²) in [6.07, 6.45) is -0.0432. The third-order valence-corrected chi connectivity index (χ3v) is 4.09. The molecule has 0 aliphatic carbocycles. The van der Waals surface area contributed by atoms with Crippen molar-refractivity contribution in [3.05, 3.63) is 63.2 Å². The van der Waals surface area contributed by atoms with Gasteiger partial charge in [0.05, 0.1) is 16.8 Å². The fraction of sp³-hybridized carbons (Fsp3) is 0.333. The quantitative estimate of drug-likeness (QED) is 0.604. The summed E-state index contributed by atoms with van der Waals surface area (Å²) >= 11 is 2.19. The molecule has 2 rings (SSSR count). The van der Waals surface area contributed by atoms with Crippen LogP contribution in [0.4, 0.5) is 0 Å². The second-order valence-electron chi connectivity index (χ2n) is 5.20. The average molecular weight is 428 g/mol. The Morgan fingerprint density at radius 1 is 1.00 bits per heavy atom. The summed E-state index contributed by atoms with van der Waals surface area (Å²) in [5.41, 5.74) is 2.14. The number of hydrogen-bond donors (Lipinski definition) is 2. The van der Waals surface area contributed by atoms with Crippen LogP contribution in [0.15, 0.2) is 48.5 Å². The van der Waals surface area contributed by atoms with Gasteiger partial charge in [-0.1, -0.05) is 36.4 Å². The first-order valence-corrected chi connectivity index (χ1v) is 8.58. The largest absolute Gasteiger partial charge is 0.490 e. The van der Waals surface area contributed by atoms with E-state index in [1.807, 2.05) is 48.5 Å². The van der Waals surface area contributed by atoms with Crippen molar-refractivity contribution in [2.45, 2.75) is 19.1 Å². The SMILES string of the molecule is OCCc1ccc(OC[C@H](O)COCc2ccccc2)c(I)c1. The summed E-state index contributed by atoms with van der Waals surface area (Å²) in [5, 5.41) is 18.9. The summed E-state index contributed by atoms with van der Waals surface area (Å²) in [6.45, 7) is 1.03. The third-order valence-electron chi connectivity index (χ3n) is 3.25. The molecule has 0 aliphatic rings. The van der Waals surface area contributed by atoms with Crippen LogP contribution in [-0.2, 0) is 17.8 Å². The third kappa shape index (κ3) is 6.47. The van der Waals surface area contributed by atoms with Gasteiger partial charge in [-0.05, 0) is 52.3 Å². The molecular formula is C18H21IO4. The molecule has 0 aliphatic heterocycles. The predicted octanol–water partition coefficient (Wildman–Crippen LogP) is 2.78. The average Bonchev–Trinajstić information content (AvgIpc) is 2.55. The molecule has 23 heavy (non-hydrogen) atoms. The molecule has 0 fully saturated rings. The molecule has 124 valence electrons. The van der Waals surface area contributed by atoms with E-state index in [2.05, 4.69) is 22.6 Å². The van der Waals surface area contributed by atoms with E-state index < -0.39 is 6.10 Å². The lowest BCUT2D eigenvalue weighted by Crippen LogP contribution is -2.23. The van der Waals surface area contributed by atoms with E-state index in [1.54, 1.807) is 0 Å². The zero-order valence-electron chi connectivity index (χ0n) is 12.8. The first-order valence-electron chi connectivity index (χ1n) is 7.51. The minimum atomic E-state index is -0.674. The first kappa shape index (κ1) is 18.2. The molecule has 0 aromatic heterocycles. The maximum Gasteiger partial charge on any atom is 0.132 e. The van der Waals surface area contributed by atoms with Crippen LogP contribution in [0.2, 0.25) is 0 Å². The van der Waals surface area contributed by atoms with Crippen molar-refractivity contribution < 1.29 is 19.7 Å². The molecule has 4 nitrogen and oxygen atoms in total. The van der Waals surface area contributed by atoms with Gasteiger partial charge in [0.1, 0.15) is 18.5 Å². The molecule has 1 atom stereocenters. The Kier molecular flexibility index (Phi) is 7.81. The van der Waals surface area contributed by atoms with Crippen molar-refractivity contribution in [1.82, 2.24) is 0 Å². The number of benzene rings is 2. The molecule has 0 bridgehead atoms. The highest BCUT2D eigenvalue weighted by atomic mass is 127. The van der Waals surface area contributed by atoms with Gasteiger partial charge in [-0.15, -0.1) is 0 Å². The molecule has 0 saturated heterocycles. The minimum Gasteiger partial charge on any atom is -0.490 e. The van der Waals surface area contributed by atoms with Gasteiger partial charge in [-0.3, -0.25) is 0 Å². The van der Waals surface area contributed by atoms with E-state index in [1.165, 1.54) is 0 Å². The Morgan fingerprint density at radius 2 is 1.78 bits per heavy atom. The molecule has 0 radical (unpaired) electrons. The van der Waals surface area contributed by atoms with Crippen LogP contribution in [-0.4, -0.2) is 36.1 Å². The second kappa shape index (κ2) is 9.87. The Hall–Kier alpha value is -1.15. The molecule has 2 N–H and O–H groups in total. The maximum atomic E-state index is 9.93. The van der Waals surface area contributed by atoms with Crippen LogP contribution in [0, 0.1) is 3.57 Å². The zero-order chi connectivity index (χ0) is 16.5. The Balaban J connectivity index is 1.72. The van der Waals surface area contributed by atoms with Gasteiger partial charge in [0.25, 0.3) is 0 Å². The summed E-state index contributed by atoms with van der Waals surface area (Å²) in [6, 6.07) is 15.6. The van der Waals surface area contributed by atoms with Crippen LogP contribution in [0.3, 0.4) is 0 Å². The monoisotopic (exact) mass is 428 g/mol. The lowest BCUT2D eigenvalue weighted by atomic mass is 10.1. The molecular weight excluding hydrogens is 407 g/mol. The zero-order valence-corrected chi connectivity index (χ0v) is 15.0. The van der Waals surface area contributed by atoms with Crippen LogP contribution in [0.5, 0.6) is 5.75 Å². The van der Waals surface area contributed by atoms with Crippen molar-refractivity contribution in [2.24, 2.45) is 0 Å². The highest BCUT2D eigenvalue weighted by Crippen LogP contribution is 2.22. The highest BCUT2D eigenvalue weighted by molar-refractivity contribution is 14.1. The Labute approximate surface area is 150 Å². The molecule has 0 unspecified atom stereocenters. The summed E-state index contributed by atoms with van der Waals surface area (Å²) in [4.78, 5) is 0. The van der Waals surface area contributed by atoms with Crippen molar-refractivity contribution in [1.29, 1.82) is 0 Å². The van der Waals surface area contributed by atoms with E-state index in [0.29, 0.717) is 13.0 Å². The summed E-state index contributed by atoms with van der Waals surface area (Å²) in [5.74, 6) is 0.731. The van der Waals surface area contributed by atoms with Gasteiger partial charge >= 0.3 is 0 Å². The Morgan fingerprint density at radius 3 is 2.48 bits per heavy atom. The maximum absolute atomic E-state index is 9.93. The molecule has 0 amide bonds. The number of halogens is 1. The van der Waals surface area contributed by atoms with Crippen molar-refractivity contribution >= 4 is 22.6 Å². The topological polar surface area (TPSA) is 58.9 Å². The van der Waals surface area contributed by atoms with Crippen LogP contribution >= 0.6 is 22.6 Å². The number of aliphatic hydroxyl groups excluding tert-OH is 2. The Bertz CT molecular complexity index is 589. The highest BCUT2D eigenvalue weighted by Gasteiger charge is 2.08.